The molecule has 1 fully saturated rings. The number of carbonyl (C=O) groups is 1. The van der Waals surface area contributed by atoms with Gasteiger partial charge < -0.3 is 9.47 Å². The minimum atomic E-state index is -0.288. The van der Waals surface area contributed by atoms with E-state index in [0.29, 0.717) is 28.7 Å². The average Bonchev–Trinajstić information content (AvgIpc) is 2.70. The summed E-state index contributed by atoms with van der Waals surface area (Å²) < 4.78 is 11.3. The number of benzene rings is 1. The van der Waals surface area contributed by atoms with Gasteiger partial charge in [0.15, 0.2) is 5.78 Å². The standard InChI is InChI=1S/C14H16O3S/c1-9-14(5-6-18-9)8-12(15)11-7-10(16-2)3-4-13(11)17-14/h3-4,7,9H,5-6,8H2,1-2H3. The molecular formula is C14H16O3S. The third kappa shape index (κ3) is 1.70. The number of hydrogen-bond donors (Lipinski definition) is 0. The highest BCUT2D eigenvalue weighted by atomic mass is 32.2. The summed E-state index contributed by atoms with van der Waals surface area (Å²) in [6, 6.07) is 5.47. The van der Waals surface area contributed by atoms with Crippen LogP contribution in [0.3, 0.4) is 0 Å². The number of thioether (sulfide) groups is 1. The van der Waals surface area contributed by atoms with Crippen LogP contribution in [0.5, 0.6) is 11.5 Å². The van der Waals surface area contributed by atoms with Gasteiger partial charge in [-0.2, -0.15) is 11.8 Å². The van der Waals surface area contributed by atoms with Crippen molar-refractivity contribution in [1.82, 2.24) is 0 Å². The zero-order chi connectivity index (χ0) is 12.8. The summed E-state index contributed by atoms with van der Waals surface area (Å²) in [6.07, 6.45) is 1.44. The Morgan fingerprint density at radius 2 is 2.33 bits per heavy atom. The molecule has 0 aliphatic carbocycles. The van der Waals surface area contributed by atoms with E-state index >= 15 is 0 Å². The molecule has 18 heavy (non-hydrogen) atoms. The summed E-state index contributed by atoms with van der Waals surface area (Å²) in [4.78, 5) is 12.3. The third-order valence-corrected chi connectivity index (χ3v) is 5.26. The first-order valence-electron chi connectivity index (χ1n) is 6.16. The number of hydrogen-bond acceptors (Lipinski definition) is 4. The highest BCUT2D eigenvalue weighted by Gasteiger charge is 2.48. The summed E-state index contributed by atoms with van der Waals surface area (Å²) in [5.41, 5.74) is 0.368. The van der Waals surface area contributed by atoms with Gasteiger partial charge in [-0.05, 0) is 37.3 Å². The lowest BCUT2D eigenvalue weighted by Gasteiger charge is -2.37. The predicted molar refractivity (Wildman–Crippen MR) is 71.8 cm³/mol. The van der Waals surface area contributed by atoms with Gasteiger partial charge in [0, 0.05) is 5.25 Å². The zero-order valence-electron chi connectivity index (χ0n) is 10.6. The SMILES string of the molecule is COc1ccc2c(c1)C(=O)CC1(CCSC1C)O2. The molecule has 4 heteroatoms. The van der Waals surface area contributed by atoms with Gasteiger partial charge in [0.1, 0.15) is 17.1 Å². The van der Waals surface area contributed by atoms with E-state index in [1.165, 1.54) is 0 Å². The molecule has 3 rings (SSSR count). The smallest absolute Gasteiger partial charge is 0.170 e. The molecule has 2 unspecified atom stereocenters. The normalized spacial score (nSPS) is 30.1. The Morgan fingerprint density at radius 3 is 3.00 bits per heavy atom. The van der Waals surface area contributed by atoms with Crippen LogP contribution >= 0.6 is 11.8 Å². The molecule has 1 spiro atoms. The molecule has 1 aromatic carbocycles. The molecule has 1 saturated heterocycles. The fraction of sp³-hybridized carbons (Fsp3) is 0.500. The minimum absolute atomic E-state index is 0.171. The van der Waals surface area contributed by atoms with Crippen LogP contribution in [-0.2, 0) is 0 Å². The van der Waals surface area contributed by atoms with Crippen molar-refractivity contribution < 1.29 is 14.3 Å². The molecule has 2 atom stereocenters. The lowest BCUT2D eigenvalue weighted by atomic mass is 9.86. The molecule has 96 valence electrons. The Kier molecular flexibility index (Phi) is 2.77. The maximum atomic E-state index is 12.3. The van der Waals surface area contributed by atoms with Crippen molar-refractivity contribution in [3.05, 3.63) is 23.8 Å². The van der Waals surface area contributed by atoms with Crippen LogP contribution in [-0.4, -0.2) is 29.5 Å². The van der Waals surface area contributed by atoms with Crippen LogP contribution in [0, 0.1) is 0 Å². The van der Waals surface area contributed by atoms with Crippen molar-refractivity contribution in [2.24, 2.45) is 0 Å². The predicted octanol–water partition coefficient (Wildman–Crippen LogP) is 2.92. The number of rotatable bonds is 1. The highest BCUT2D eigenvalue weighted by molar-refractivity contribution is 8.00. The van der Waals surface area contributed by atoms with Crippen LogP contribution in [0.2, 0.25) is 0 Å². The van der Waals surface area contributed by atoms with E-state index in [1.807, 2.05) is 23.9 Å². The molecule has 0 bridgehead atoms. The molecule has 2 aliphatic heterocycles. The molecule has 0 saturated carbocycles. The van der Waals surface area contributed by atoms with Gasteiger partial charge in [-0.1, -0.05) is 0 Å². The molecule has 2 aliphatic rings. The van der Waals surface area contributed by atoms with Crippen molar-refractivity contribution in [3.8, 4) is 11.5 Å². The minimum Gasteiger partial charge on any atom is -0.497 e. The van der Waals surface area contributed by atoms with Crippen LogP contribution in [0.4, 0.5) is 0 Å². The second-order valence-electron chi connectivity index (χ2n) is 4.89. The monoisotopic (exact) mass is 264 g/mol. The summed E-state index contributed by atoms with van der Waals surface area (Å²) in [5, 5.41) is 0.372. The lowest BCUT2D eigenvalue weighted by molar-refractivity contribution is 0.0438. The number of Topliss-reactive ketones (excluding diaryl/α,β-unsaturated/α-hetero) is 1. The molecule has 0 amide bonds. The van der Waals surface area contributed by atoms with E-state index in [-0.39, 0.29) is 11.4 Å². The van der Waals surface area contributed by atoms with Gasteiger partial charge in [0.25, 0.3) is 0 Å². The largest absolute Gasteiger partial charge is 0.497 e. The summed E-state index contributed by atoms with van der Waals surface area (Å²) in [7, 11) is 1.60. The number of ether oxygens (including phenoxy) is 2. The Hall–Kier alpha value is -1.16. The fourth-order valence-corrected chi connectivity index (χ4v) is 4.06. The first-order valence-corrected chi connectivity index (χ1v) is 7.21. The first-order chi connectivity index (χ1) is 8.64. The van der Waals surface area contributed by atoms with E-state index in [4.69, 9.17) is 9.47 Å². The van der Waals surface area contributed by atoms with Crippen molar-refractivity contribution >= 4 is 17.5 Å². The van der Waals surface area contributed by atoms with Gasteiger partial charge in [0.05, 0.1) is 19.1 Å². The summed E-state index contributed by atoms with van der Waals surface area (Å²) in [6.45, 7) is 2.15. The first kappa shape index (κ1) is 11.9. The van der Waals surface area contributed by atoms with Gasteiger partial charge in [0.2, 0.25) is 0 Å². The molecule has 0 aromatic heterocycles. The van der Waals surface area contributed by atoms with E-state index in [0.717, 1.165) is 12.2 Å². The van der Waals surface area contributed by atoms with Crippen molar-refractivity contribution in [1.29, 1.82) is 0 Å². The van der Waals surface area contributed by atoms with Crippen molar-refractivity contribution in [3.63, 3.8) is 0 Å². The molecule has 0 N–H and O–H groups in total. The van der Waals surface area contributed by atoms with E-state index < -0.39 is 0 Å². The molecule has 0 radical (unpaired) electrons. The van der Waals surface area contributed by atoms with Crippen molar-refractivity contribution in [2.75, 3.05) is 12.9 Å². The third-order valence-electron chi connectivity index (χ3n) is 3.89. The Balaban J connectivity index is 2.00. The van der Waals surface area contributed by atoms with E-state index in [2.05, 4.69) is 6.92 Å². The van der Waals surface area contributed by atoms with Crippen molar-refractivity contribution in [2.45, 2.75) is 30.6 Å². The lowest BCUT2D eigenvalue weighted by Crippen LogP contribution is -2.46. The molecular weight excluding hydrogens is 248 g/mol. The second-order valence-corrected chi connectivity index (χ2v) is 6.34. The van der Waals surface area contributed by atoms with Crippen LogP contribution < -0.4 is 9.47 Å². The summed E-state index contributed by atoms with van der Waals surface area (Å²) >= 11 is 1.89. The maximum Gasteiger partial charge on any atom is 0.170 e. The van der Waals surface area contributed by atoms with E-state index in [1.54, 1.807) is 13.2 Å². The Morgan fingerprint density at radius 1 is 1.50 bits per heavy atom. The van der Waals surface area contributed by atoms with E-state index in [9.17, 15) is 4.79 Å². The van der Waals surface area contributed by atoms with Crippen LogP contribution in [0.15, 0.2) is 18.2 Å². The van der Waals surface area contributed by atoms with Crippen LogP contribution in [0.1, 0.15) is 30.1 Å². The number of fused-ring (bicyclic) bond motifs is 1. The molecule has 2 heterocycles. The summed E-state index contributed by atoms with van der Waals surface area (Å²) in [5.74, 6) is 2.65. The quantitative estimate of drug-likeness (QED) is 0.781. The number of carbonyl (C=O) groups excluding carboxylic acids is 1. The average molecular weight is 264 g/mol. The van der Waals surface area contributed by atoms with Gasteiger partial charge in [-0.3, -0.25) is 4.79 Å². The topological polar surface area (TPSA) is 35.5 Å². The second kappa shape index (κ2) is 4.19. The number of methoxy groups -OCH3 is 1. The Labute approximate surface area is 111 Å². The Bertz CT molecular complexity index is 500. The fourth-order valence-electron chi connectivity index (χ4n) is 2.69. The maximum absolute atomic E-state index is 12.3. The van der Waals surface area contributed by atoms with Gasteiger partial charge in [-0.15, -0.1) is 0 Å². The highest BCUT2D eigenvalue weighted by Crippen LogP contribution is 2.46. The molecule has 3 nitrogen and oxygen atoms in total. The van der Waals surface area contributed by atoms with Gasteiger partial charge >= 0.3 is 0 Å². The number of ketones is 1. The zero-order valence-corrected chi connectivity index (χ0v) is 11.4. The van der Waals surface area contributed by atoms with Crippen LogP contribution in [0.25, 0.3) is 0 Å². The molecule has 1 aromatic rings. The van der Waals surface area contributed by atoms with Gasteiger partial charge in [-0.25, -0.2) is 0 Å².